The lowest BCUT2D eigenvalue weighted by atomic mass is 10.3. The number of nitrogens with zero attached hydrogens (tertiary/aromatic N) is 2. The van der Waals surface area contributed by atoms with Crippen LogP contribution in [-0.4, -0.2) is 16.4 Å². The highest BCUT2D eigenvalue weighted by molar-refractivity contribution is 5.61. The highest BCUT2D eigenvalue weighted by Crippen LogP contribution is 2.22. The number of aryl methyl sites for hydroxylation is 1. The fourth-order valence-electron chi connectivity index (χ4n) is 1.83. The number of rotatable bonds is 2. The second-order valence-electron chi connectivity index (χ2n) is 3.97. The van der Waals surface area contributed by atoms with Crippen molar-refractivity contribution in [3.8, 4) is 11.5 Å². The first-order valence-corrected chi connectivity index (χ1v) is 5.49. The number of fused-ring (bicyclic) bond motifs is 1. The Morgan fingerprint density at radius 3 is 2.88 bits per heavy atom. The molecule has 0 radical (unpaired) electrons. The Labute approximate surface area is 98.9 Å². The van der Waals surface area contributed by atoms with Gasteiger partial charge < -0.3 is 14.1 Å². The number of hydrogen-bond donors (Lipinski definition) is 1. The molecule has 0 atom stereocenters. The lowest BCUT2D eigenvalue weighted by Crippen LogP contribution is -1.89. The zero-order valence-corrected chi connectivity index (χ0v) is 9.77. The molecule has 3 rings (SSSR count). The zero-order chi connectivity index (χ0) is 11.8. The minimum Gasteiger partial charge on any atom is -0.460 e. The maximum atomic E-state index is 5.56. The fourth-order valence-corrected chi connectivity index (χ4v) is 1.83. The van der Waals surface area contributed by atoms with Crippen molar-refractivity contribution in [1.29, 1.82) is 0 Å². The third-order valence-corrected chi connectivity index (χ3v) is 2.74. The Bertz CT molecular complexity index is 666. The standard InChI is InChI=1S/C13H13N3O/c1-9-3-4-12(17-9)11-8-16-6-5-10(14-2)7-13(16)15-11/h3-8,14H,1-2H3. The van der Waals surface area contributed by atoms with Crippen LogP contribution in [0.2, 0.25) is 0 Å². The van der Waals surface area contributed by atoms with Crippen molar-refractivity contribution in [2.24, 2.45) is 0 Å². The van der Waals surface area contributed by atoms with Crippen LogP contribution in [0, 0.1) is 6.92 Å². The SMILES string of the molecule is CNc1ccn2cc(-c3ccc(C)o3)nc2c1. The largest absolute Gasteiger partial charge is 0.460 e. The summed E-state index contributed by atoms with van der Waals surface area (Å²) in [6, 6.07) is 7.89. The Balaban J connectivity index is 2.13. The molecule has 0 saturated carbocycles. The summed E-state index contributed by atoms with van der Waals surface area (Å²) >= 11 is 0. The molecule has 0 fully saturated rings. The van der Waals surface area contributed by atoms with Crippen molar-refractivity contribution in [3.63, 3.8) is 0 Å². The van der Waals surface area contributed by atoms with E-state index in [1.165, 1.54) is 0 Å². The number of furan rings is 1. The Morgan fingerprint density at radius 2 is 2.18 bits per heavy atom. The second-order valence-corrected chi connectivity index (χ2v) is 3.97. The topological polar surface area (TPSA) is 42.5 Å². The fraction of sp³-hybridized carbons (Fsp3) is 0.154. The maximum Gasteiger partial charge on any atom is 0.154 e. The van der Waals surface area contributed by atoms with Crippen LogP contribution in [-0.2, 0) is 0 Å². The Hall–Kier alpha value is -2.23. The van der Waals surface area contributed by atoms with Crippen LogP contribution in [0.15, 0.2) is 41.1 Å². The quantitative estimate of drug-likeness (QED) is 0.732. The highest BCUT2D eigenvalue weighted by Gasteiger charge is 2.07. The number of anilines is 1. The van der Waals surface area contributed by atoms with E-state index in [9.17, 15) is 0 Å². The Morgan fingerprint density at radius 1 is 1.29 bits per heavy atom. The smallest absolute Gasteiger partial charge is 0.154 e. The van der Waals surface area contributed by atoms with Crippen LogP contribution in [0.25, 0.3) is 17.1 Å². The molecule has 0 bridgehead atoms. The molecule has 0 aliphatic heterocycles. The van der Waals surface area contributed by atoms with Crippen molar-refractivity contribution >= 4 is 11.3 Å². The van der Waals surface area contributed by atoms with Gasteiger partial charge in [0.25, 0.3) is 0 Å². The summed E-state index contributed by atoms with van der Waals surface area (Å²) in [5.74, 6) is 1.70. The Kier molecular flexibility index (Phi) is 2.14. The van der Waals surface area contributed by atoms with E-state index in [-0.39, 0.29) is 0 Å². The van der Waals surface area contributed by atoms with E-state index in [0.29, 0.717) is 0 Å². The summed E-state index contributed by atoms with van der Waals surface area (Å²) in [6.45, 7) is 1.93. The van der Waals surface area contributed by atoms with Gasteiger partial charge in [0.15, 0.2) is 5.76 Å². The molecule has 3 aromatic rings. The van der Waals surface area contributed by atoms with E-state index < -0.39 is 0 Å². The van der Waals surface area contributed by atoms with Crippen LogP contribution in [0.1, 0.15) is 5.76 Å². The first kappa shape index (κ1) is 9.96. The summed E-state index contributed by atoms with van der Waals surface area (Å²) < 4.78 is 7.54. The van der Waals surface area contributed by atoms with E-state index in [2.05, 4.69) is 10.3 Å². The average Bonchev–Trinajstić information content (AvgIpc) is 2.93. The number of pyridine rings is 1. The van der Waals surface area contributed by atoms with Gasteiger partial charge in [0, 0.05) is 31.2 Å². The minimum absolute atomic E-state index is 0.803. The third kappa shape index (κ3) is 1.67. The molecule has 0 spiro atoms. The molecule has 3 aromatic heterocycles. The van der Waals surface area contributed by atoms with Gasteiger partial charge in [-0.2, -0.15) is 0 Å². The van der Waals surface area contributed by atoms with Crippen molar-refractivity contribution in [2.75, 3.05) is 12.4 Å². The number of nitrogens with one attached hydrogen (secondary N) is 1. The number of aromatic nitrogens is 2. The predicted octanol–water partition coefficient (Wildman–Crippen LogP) is 2.94. The van der Waals surface area contributed by atoms with Gasteiger partial charge in [-0.05, 0) is 25.1 Å². The van der Waals surface area contributed by atoms with Crippen molar-refractivity contribution in [1.82, 2.24) is 9.38 Å². The average molecular weight is 227 g/mol. The molecule has 17 heavy (non-hydrogen) atoms. The van der Waals surface area contributed by atoms with Crippen molar-refractivity contribution in [3.05, 3.63) is 42.4 Å². The molecule has 0 aliphatic carbocycles. The lowest BCUT2D eigenvalue weighted by Gasteiger charge is -1.98. The molecule has 0 unspecified atom stereocenters. The summed E-state index contributed by atoms with van der Waals surface area (Å²) in [7, 11) is 1.89. The van der Waals surface area contributed by atoms with E-state index in [1.54, 1.807) is 0 Å². The summed E-state index contributed by atoms with van der Waals surface area (Å²) in [5.41, 5.74) is 2.80. The molecular weight excluding hydrogens is 214 g/mol. The molecule has 86 valence electrons. The summed E-state index contributed by atoms with van der Waals surface area (Å²) in [4.78, 5) is 4.53. The van der Waals surface area contributed by atoms with Crippen molar-refractivity contribution in [2.45, 2.75) is 6.92 Å². The van der Waals surface area contributed by atoms with Crippen LogP contribution in [0.5, 0.6) is 0 Å². The van der Waals surface area contributed by atoms with E-state index in [4.69, 9.17) is 4.42 Å². The molecule has 1 N–H and O–H groups in total. The highest BCUT2D eigenvalue weighted by atomic mass is 16.3. The van der Waals surface area contributed by atoms with Gasteiger partial charge in [-0.15, -0.1) is 0 Å². The van der Waals surface area contributed by atoms with E-state index >= 15 is 0 Å². The second kappa shape index (κ2) is 3.66. The summed E-state index contributed by atoms with van der Waals surface area (Å²) in [6.07, 6.45) is 3.94. The normalized spacial score (nSPS) is 10.9. The number of hydrogen-bond acceptors (Lipinski definition) is 3. The molecule has 0 aliphatic rings. The van der Waals surface area contributed by atoms with Gasteiger partial charge in [-0.25, -0.2) is 4.98 Å². The predicted molar refractivity (Wildman–Crippen MR) is 67.2 cm³/mol. The first-order valence-electron chi connectivity index (χ1n) is 5.49. The van der Waals surface area contributed by atoms with Gasteiger partial charge in [-0.3, -0.25) is 0 Å². The molecule has 0 amide bonds. The molecule has 4 heteroatoms. The van der Waals surface area contributed by atoms with E-state index in [1.807, 2.05) is 55.0 Å². The van der Waals surface area contributed by atoms with Crippen LogP contribution < -0.4 is 5.32 Å². The third-order valence-electron chi connectivity index (χ3n) is 2.74. The molecule has 3 heterocycles. The molecule has 4 nitrogen and oxygen atoms in total. The van der Waals surface area contributed by atoms with Crippen molar-refractivity contribution < 1.29 is 4.42 Å². The zero-order valence-electron chi connectivity index (χ0n) is 9.77. The molecule has 0 saturated heterocycles. The van der Waals surface area contributed by atoms with Crippen LogP contribution in [0.4, 0.5) is 5.69 Å². The first-order chi connectivity index (χ1) is 8.26. The minimum atomic E-state index is 0.803. The van der Waals surface area contributed by atoms with Crippen LogP contribution in [0.3, 0.4) is 0 Å². The van der Waals surface area contributed by atoms with Gasteiger partial charge in [0.2, 0.25) is 0 Å². The lowest BCUT2D eigenvalue weighted by molar-refractivity contribution is 0.547. The maximum absolute atomic E-state index is 5.56. The van der Waals surface area contributed by atoms with Gasteiger partial charge in [0.05, 0.1) is 0 Å². The van der Waals surface area contributed by atoms with Gasteiger partial charge in [-0.1, -0.05) is 0 Å². The summed E-state index contributed by atoms with van der Waals surface area (Å²) in [5, 5.41) is 3.10. The monoisotopic (exact) mass is 227 g/mol. The number of imidazole rings is 1. The van der Waals surface area contributed by atoms with Crippen LogP contribution >= 0.6 is 0 Å². The van der Waals surface area contributed by atoms with E-state index in [0.717, 1.165) is 28.5 Å². The van der Waals surface area contributed by atoms with Gasteiger partial charge in [0.1, 0.15) is 17.1 Å². The molecular formula is C13H13N3O. The van der Waals surface area contributed by atoms with Gasteiger partial charge >= 0.3 is 0 Å². The molecule has 0 aromatic carbocycles.